The second-order valence-electron chi connectivity index (χ2n) is 4.29. The van der Waals surface area contributed by atoms with Crippen molar-refractivity contribution in [3.63, 3.8) is 0 Å². The van der Waals surface area contributed by atoms with Gasteiger partial charge in [0.25, 0.3) is 0 Å². The number of alkyl halides is 1. The molecule has 1 aromatic heterocycles. The Kier molecular flexibility index (Phi) is 5.25. The molecular formula is C14H16Cl2N2O. The predicted molar refractivity (Wildman–Crippen MR) is 81.4 cm³/mol. The van der Waals surface area contributed by atoms with Crippen molar-refractivity contribution in [1.82, 2.24) is 4.98 Å². The minimum Gasteiger partial charge on any atom is -0.384 e. The van der Waals surface area contributed by atoms with Gasteiger partial charge in [0.1, 0.15) is 0 Å². The molecule has 0 aliphatic carbocycles. The molecule has 1 heterocycles. The van der Waals surface area contributed by atoms with Gasteiger partial charge in [-0.25, -0.2) is 0 Å². The Morgan fingerprint density at radius 2 is 2.21 bits per heavy atom. The molecule has 1 unspecified atom stereocenters. The van der Waals surface area contributed by atoms with Crippen LogP contribution in [-0.2, 0) is 4.74 Å². The average Bonchev–Trinajstić information content (AvgIpc) is 2.39. The van der Waals surface area contributed by atoms with Gasteiger partial charge < -0.3 is 10.1 Å². The van der Waals surface area contributed by atoms with E-state index >= 15 is 0 Å². The fourth-order valence-electron chi connectivity index (χ4n) is 1.90. The minimum absolute atomic E-state index is 0.0278. The molecule has 0 spiro atoms. The number of nitrogens with one attached hydrogen (secondary N) is 1. The summed E-state index contributed by atoms with van der Waals surface area (Å²) in [6.45, 7) is 1.36. The molecule has 0 bridgehead atoms. The Hall–Kier alpha value is -1.03. The Bertz CT molecular complexity index is 548. The largest absolute Gasteiger partial charge is 0.384 e. The summed E-state index contributed by atoms with van der Waals surface area (Å²) < 4.78 is 5.01. The van der Waals surface area contributed by atoms with Crippen molar-refractivity contribution < 1.29 is 4.74 Å². The van der Waals surface area contributed by atoms with E-state index in [1.165, 1.54) is 0 Å². The zero-order chi connectivity index (χ0) is 13.7. The van der Waals surface area contributed by atoms with Gasteiger partial charge >= 0.3 is 0 Å². The maximum atomic E-state index is 6.09. The van der Waals surface area contributed by atoms with Gasteiger partial charge in [0.2, 0.25) is 0 Å². The van der Waals surface area contributed by atoms with Crippen molar-refractivity contribution in [2.24, 2.45) is 0 Å². The van der Waals surface area contributed by atoms with E-state index in [9.17, 15) is 0 Å². The maximum Gasteiger partial charge on any atom is 0.0737 e. The number of methoxy groups -OCH3 is 1. The van der Waals surface area contributed by atoms with E-state index in [1.54, 1.807) is 13.3 Å². The zero-order valence-electron chi connectivity index (χ0n) is 10.7. The van der Waals surface area contributed by atoms with Gasteiger partial charge in [-0.15, -0.1) is 11.6 Å². The van der Waals surface area contributed by atoms with Gasteiger partial charge in [-0.05, 0) is 30.7 Å². The lowest BCUT2D eigenvalue weighted by molar-refractivity contribution is 0.196. The summed E-state index contributed by atoms with van der Waals surface area (Å²) in [5.41, 5.74) is 1.93. The first kappa shape index (κ1) is 14.4. The van der Waals surface area contributed by atoms with E-state index < -0.39 is 0 Å². The van der Waals surface area contributed by atoms with Crippen molar-refractivity contribution in [3.05, 3.63) is 35.5 Å². The second-order valence-corrected chi connectivity index (χ2v) is 5.34. The third-order valence-corrected chi connectivity index (χ3v) is 3.40. The first-order valence-electron chi connectivity index (χ1n) is 6.12. The molecule has 0 aliphatic rings. The predicted octanol–water partition coefficient (Wildman–Crippen LogP) is 3.94. The van der Waals surface area contributed by atoms with Crippen molar-refractivity contribution in [2.75, 3.05) is 25.6 Å². The van der Waals surface area contributed by atoms with E-state index in [4.69, 9.17) is 27.9 Å². The summed E-state index contributed by atoms with van der Waals surface area (Å²) in [7, 11) is 1.66. The Balaban J connectivity index is 2.04. The second kappa shape index (κ2) is 6.94. The SMILES string of the molecule is COCC(Cl)CCNc1ccnc2cc(Cl)ccc12. The number of ether oxygens (including phenoxy) is 1. The molecule has 2 aromatic rings. The van der Waals surface area contributed by atoms with Crippen molar-refractivity contribution in [3.8, 4) is 0 Å². The molecule has 0 saturated carbocycles. The molecule has 1 aromatic carbocycles. The number of hydrogen-bond acceptors (Lipinski definition) is 3. The third-order valence-electron chi connectivity index (χ3n) is 2.83. The summed E-state index contributed by atoms with van der Waals surface area (Å²) in [5, 5.41) is 5.15. The van der Waals surface area contributed by atoms with E-state index in [-0.39, 0.29) is 5.38 Å². The highest BCUT2D eigenvalue weighted by atomic mass is 35.5. The maximum absolute atomic E-state index is 6.09. The summed E-state index contributed by atoms with van der Waals surface area (Å²) in [4.78, 5) is 4.30. The van der Waals surface area contributed by atoms with Crippen LogP contribution in [0.2, 0.25) is 5.02 Å². The zero-order valence-corrected chi connectivity index (χ0v) is 12.2. The highest BCUT2D eigenvalue weighted by molar-refractivity contribution is 6.31. The van der Waals surface area contributed by atoms with Gasteiger partial charge in [-0.3, -0.25) is 4.98 Å². The molecule has 0 amide bonds. The normalized spacial score (nSPS) is 12.6. The summed E-state index contributed by atoms with van der Waals surface area (Å²) in [6, 6.07) is 7.65. The fourth-order valence-corrected chi connectivity index (χ4v) is 2.30. The number of fused-ring (bicyclic) bond motifs is 1. The molecule has 19 heavy (non-hydrogen) atoms. The lowest BCUT2D eigenvalue weighted by atomic mass is 10.2. The summed E-state index contributed by atoms with van der Waals surface area (Å²) >= 11 is 12.1. The van der Waals surface area contributed by atoms with E-state index in [0.717, 1.165) is 29.6 Å². The molecule has 2 rings (SSSR count). The lowest BCUT2D eigenvalue weighted by Crippen LogP contribution is -2.13. The van der Waals surface area contributed by atoms with Crippen molar-refractivity contribution in [2.45, 2.75) is 11.8 Å². The molecule has 0 fully saturated rings. The van der Waals surface area contributed by atoms with Crippen LogP contribution in [0.4, 0.5) is 5.69 Å². The van der Waals surface area contributed by atoms with E-state index in [1.807, 2.05) is 24.3 Å². The molecule has 102 valence electrons. The Morgan fingerprint density at radius 3 is 3.00 bits per heavy atom. The Labute approximate surface area is 122 Å². The van der Waals surface area contributed by atoms with Crippen molar-refractivity contribution in [1.29, 1.82) is 0 Å². The Morgan fingerprint density at radius 1 is 1.37 bits per heavy atom. The van der Waals surface area contributed by atoms with Crippen LogP contribution in [0.15, 0.2) is 30.5 Å². The number of benzene rings is 1. The topological polar surface area (TPSA) is 34.1 Å². The van der Waals surface area contributed by atoms with Crippen LogP contribution in [0, 0.1) is 0 Å². The van der Waals surface area contributed by atoms with Crippen LogP contribution in [0.25, 0.3) is 10.9 Å². The number of aromatic nitrogens is 1. The van der Waals surface area contributed by atoms with Crippen LogP contribution < -0.4 is 5.32 Å². The van der Waals surface area contributed by atoms with Gasteiger partial charge in [-0.1, -0.05) is 11.6 Å². The number of halogens is 2. The molecule has 1 N–H and O–H groups in total. The average molecular weight is 299 g/mol. The molecule has 0 aliphatic heterocycles. The van der Waals surface area contributed by atoms with Gasteiger partial charge in [0.05, 0.1) is 17.5 Å². The summed E-state index contributed by atoms with van der Waals surface area (Å²) in [6.07, 6.45) is 2.61. The number of hydrogen-bond donors (Lipinski definition) is 1. The summed E-state index contributed by atoms with van der Waals surface area (Å²) in [5.74, 6) is 0. The first-order valence-corrected chi connectivity index (χ1v) is 6.93. The molecule has 5 heteroatoms. The molecule has 3 nitrogen and oxygen atoms in total. The van der Waals surface area contributed by atoms with Crippen LogP contribution in [0.5, 0.6) is 0 Å². The highest BCUT2D eigenvalue weighted by Crippen LogP contribution is 2.24. The molecule has 0 radical (unpaired) electrons. The van der Waals surface area contributed by atoms with Gasteiger partial charge in [-0.2, -0.15) is 0 Å². The molecule has 0 saturated heterocycles. The molecule has 1 atom stereocenters. The van der Waals surface area contributed by atoms with E-state index in [0.29, 0.717) is 11.6 Å². The number of rotatable bonds is 6. The van der Waals surface area contributed by atoms with Gasteiger partial charge in [0, 0.05) is 35.9 Å². The third kappa shape index (κ3) is 3.96. The van der Waals surface area contributed by atoms with Crippen LogP contribution in [0.3, 0.4) is 0 Å². The quantitative estimate of drug-likeness (QED) is 0.820. The monoisotopic (exact) mass is 298 g/mol. The minimum atomic E-state index is 0.0278. The van der Waals surface area contributed by atoms with Crippen LogP contribution in [-0.4, -0.2) is 30.6 Å². The van der Waals surface area contributed by atoms with E-state index in [2.05, 4.69) is 10.3 Å². The van der Waals surface area contributed by atoms with Crippen LogP contribution in [0.1, 0.15) is 6.42 Å². The standard InChI is InChI=1S/C14H16Cl2N2O/c1-19-9-11(16)4-6-17-13-5-7-18-14-8-10(15)2-3-12(13)14/h2-3,5,7-8,11H,4,6,9H2,1H3,(H,17,18). The first-order chi connectivity index (χ1) is 9.20. The highest BCUT2D eigenvalue weighted by Gasteiger charge is 2.05. The number of nitrogens with zero attached hydrogens (tertiary/aromatic N) is 1. The molecular weight excluding hydrogens is 283 g/mol. The number of pyridine rings is 1. The smallest absolute Gasteiger partial charge is 0.0737 e. The van der Waals surface area contributed by atoms with Crippen molar-refractivity contribution >= 4 is 39.8 Å². The van der Waals surface area contributed by atoms with Gasteiger partial charge in [0.15, 0.2) is 0 Å². The number of anilines is 1. The fraction of sp³-hybridized carbons (Fsp3) is 0.357. The van der Waals surface area contributed by atoms with Crippen LogP contribution >= 0.6 is 23.2 Å². The lowest BCUT2D eigenvalue weighted by Gasteiger charge is -2.12.